The van der Waals surface area contributed by atoms with Crippen LogP contribution in [0.4, 0.5) is 14.9 Å². The monoisotopic (exact) mass is 276 g/mol. The van der Waals surface area contributed by atoms with Crippen LogP contribution in [0, 0.1) is 5.82 Å². The summed E-state index contributed by atoms with van der Waals surface area (Å²) in [5, 5.41) is 21.5. The third-order valence-electron chi connectivity index (χ3n) is 1.96. The molecule has 0 aliphatic rings. The number of carboxylic acid groups (broad SMARTS) is 1. The van der Waals surface area contributed by atoms with Crippen LogP contribution >= 0.6 is 11.6 Å². The van der Waals surface area contributed by atoms with Crippen molar-refractivity contribution in [3.8, 4) is 0 Å². The zero-order chi connectivity index (χ0) is 13.7. The quantitative estimate of drug-likeness (QED) is 0.660. The van der Waals surface area contributed by atoms with Crippen LogP contribution in [0.3, 0.4) is 0 Å². The van der Waals surface area contributed by atoms with E-state index in [0.29, 0.717) is 0 Å². The second kappa shape index (κ2) is 6.18. The first-order valence-corrected chi connectivity index (χ1v) is 5.18. The number of amides is 2. The molecule has 6 nitrogen and oxygen atoms in total. The van der Waals surface area contributed by atoms with Gasteiger partial charge in [-0.25, -0.2) is 14.0 Å². The Bertz CT molecular complexity index is 469. The normalized spacial score (nSPS) is 11.7. The molecule has 1 unspecified atom stereocenters. The summed E-state index contributed by atoms with van der Waals surface area (Å²) >= 11 is 5.61. The predicted molar refractivity (Wildman–Crippen MR) is 62.1 cm³/mol. The van der Waals surface area contributed by atoms with Gasteiger partial charge in [-0.1, -0.05) is 11.6 Å². The molecule has 1 atom stereocenters. The van der Waals surface area contributed by atoms with E-state index in [0.717, 1.165) is 6.07 Å². The molecule has 0 saturated carbocycles. The van der Waals surface area contributed by atoms with Crippen LogP contribution in [0.5, 0.6) is 0 Å². The molecule has 1 aromatic rings. The van der Waals surface area contributed by atoms with Gasteiger partial charge in [-0.3, -0.25) is 0 Å². The van der Waals surface area contributed by atoms with E-state index in [-0.39, 0.29) is 10.7 Å². The van der Waals surface area contributed by atoms with Gasteiger partial charge in [-0.05, 0) is 18.2 Å². The Labute approximate surface area is 106 Å². The second-order valence-corrected chi connectivity index (χ2v) is 3.73. The van der Waals surface area contributed by atoms with E-state index in [1.165, 1.54) is 12.1 Å². The van der Waals surface area contributed by atoms with E-state index in [4.69, 9.17) is 21.8 Å². The lowest BCUT2D eigenvalue weighted by molar-refractivity contribution is -0.140. The first-order chi connectivity index (χ1) is 8.43. The molecule has 0 saturated heterocycles. The number of aliphatic hydroxyl groups is 1. The number of hydrogen-bond donors (Lipinski definition) is 4. The van der Waals surface area contributed by atoms with Crippen LogP contribution in [0.15, 0.2) is 18.2 Å². The average molecular weight is 277 g/mol. The lowest BCUT2D eigenvalue weighted by atomic mass is 10.3. The van der Waals surface area contributed by atoms with Crippen molar-refractivity contribution in [3.63, 3.8) is 0 Å². The number of nitrogens with one attached hydrogen (secondary N) is 2. The Hall–Kier alpha value is -1.86. The van der Waals surface area contributed by atoms with Crippen molar-refractivity contribution in [3.05, 3.63) is 29.0 Å². The van der Waals surface area contributed by atoms with Crippen molar-refractivity contribution >= 4 is 29.3 Å². The second-order valence-electron chi connectivity index (χ2n) is 3.30. The summed E-state index contributed by atoms with van der Waals surface area (Å²) in [5.74, 6) is -2.12. The molecule has 8 heteroatoms. The molecule has 18 heavy (non-hydrogen) atoms. The van der Waals surface area contributed by atoms with E-state index in [9.17, 15) is 14.0 Å². The van der Waals surface area contributed by atoms with Gasteiger partial charge < -0.3 is 20.8 Å². The highest BCUT2D eigenvalue weighted by Gasteiger charge is 2.19. The number of benzene rings is 1. The van der Waals surface area contributed by atoms with Gasteiger partial charge in [0, 0.05) is 5.02 Å². The number of carbonyl (C=O) groups excluding carboxylic acids is 1. The molecule has 0 radical (unpaired) electrons. The Kier molecular flexibility index (Phi) is 4.87. The highest BCUT2D eigenvalue weighted by Crippen LogP contribution is 2.19. The largest absolute Gasteiger partial charge is 0.480 e. The highest BCUT2D eigenvalue weighted by atomic mass is 35.5. The SMILES string of the molecule is O=C(Nc1cc(Cl)ccc1F)NC(CO)C(=O)O. The number of urea groups is 1. The molecule has 4 N–H and O–H groups in total. The Morgan fingerprint density at radius 1 is 1.44 bits per heavy atom. The summed E-state index contributed by atoms with van der Waals surface area (Å²) in [5.41, 5.74) is -0.193. The van der Waals surface area contributed by atoms with Crippen LogP contribution in [0.2, 0.25) is 5.02 Å². The van der Waals surface area contributed by atoms with Gasteiger partial charge in [0.25, 0.3) is 0 Å². The molecule has 0 aliphatic heterocycles. The summed E-state index contributed by atoms with van der Waals surface area (Å²) in [6.07, 6.45) is 0. The molecule has 1 rings (SSSR count). The fraction of sp³-hybridized carbons (Fsp3) is 0.200. The van der Waals surface area contributed by atoms with Crippen LogP contribution in [-0.2, 0) is 4.79 Å². The minimum atomic E-state index is -1.47. The number of hydrogen-bond acceptors (Lipinski definition) is 3. The number of carboxylic acids is 1. The standard InChI is InChI=1S/C10H10ClFN2O4/c11-5-1-2-6(12)7(3-5)13-10(18)14-8(4-15)9(16)17/h1-3,8,15H,4H2,(H,16,17)(H2,13,14,18). The summed E-state index contributed by atoms with van der Waals surface area (Å²) in [7, 11) is 0. The van der Waals surface area contributed by atoms with Gasteiger partial charge in [0.05, 0.1) is 12.3 Å². The first-order valence-electron chi connectivity index (χ1n) is 4.80. The van der Waals surface area contributed by atoms with Gasteiger partial charge in [0.1, 0.15) is 5.82 Å². The van der Waals surface area contributed by atoms with Crippen molar-refractivity contribution in [2.75, 3.05) is 11.9 Å². The zero-order valence-corrected chi connectivity index (χ0v) is 9.74. The number of rotatable bonds is 4. The van der Waals surface area contributed by atoms with Gasteiger partial charge in [0.15, 0.2) is 6.04 Å². The fourth-order valence-electron chi connectivity index (χ4n) is 1.10. The van der Waals surface area contributed by atoms with Crippen molar-refractivity contribution in [2.45, 2.75) is 6.04 Å². The molecular weight excluding hydrogens is 267 g/mol. The van der Waals surface area contributed by atoms with Crippen molar-refractivity contribution in [1.29, 1.82) is 0 Å². The highest BCUT2D eigenvalue weighted by molar-refractivity contribution is 6.30. The maximum absolute atomic E-state index is 13.2. The lowest BCUT2D eigenvalue weighted by Gasteiger charge is -2.13. The average Bonchev–Trinajstić information content (AvgIpc) is 2.30. The number of carbonyl (C=O) groups is 2. The molecule has 2 amide bonds. The summed E-state index contributed by atoms with van der Waals surface area (Å²) in [6, 6.07) is 1.10. The molecule has 0 aliphatic carbocycles. The van der Waals surface area contributed by atoms with Crippen LogP contribution in [-0.4, -0.2) is 34.9 Å². The molecule has 0 fully saturated rings. The number of anilines is 1. The lowest BCUT2D eigenvalue weighted by Crippen LogP contribution is -2.45. The third kappa shape index (κ3) is 3.86. The first kappa shape index (κ1) is 14.2. The number of aliphatic hydroxyl groups excluding tert-OH is 1. The van der Waals surface area contributed by atoms with E-state index < -0.39 is 30.5 Å². The molecule has 0 spiro atoms. The summed E-state index contributed by atoms with van der Waals surface area (Å²) < 4.78 is 13.2. The van der Waals surface area contributed by atoms with E-state index in [2.05, 4.69) is 5.32 Å². The number of aliphatic carboxylic acids is 1. The van der Waals surface area contributed by atoms with Gasteiger partial charge in [-0.2, -0.15) is 0 Å². The predicted octanol–water partition coefficient (Wildman–Crippen LogP) is 1.05. The number of halogens is 2. The molecule has 0 heterocycles. The summed E-state index contributed by atoms with van der Waals surface area (Å²) in [4.78, 5) is 21.9. The molecular formula is C10H10ClFN2O4. The van der Waals surface area contributed by atoms with Gasteiger partial charge >= 0.3 is 12.0 Å². The van der Waals surface area contributed by atoms with Crippen molar-refractivity contribution in [1.82, 2.24) is 5.32 Å². The van der Waals surface area contributed by atoms with E-state index in [1.54, 1.807) is 0 Å². The van der Waals surface area contributed by atoms with Crippen molar-refractivity contribution < 1.29 is 24.2 Å². The molecule has 0 aromatic heterocycles. The smallest absolute Gasteiger partial charge is 0.328 e. The Morgan fingerprint density at radius 2 is 2.11 bits per heavy atom. The summed E-state index contributed by atoms with van der Waals surface area (Å²) in [6.45, 7) is -0.777. The van der Waals surface area contributed by atoms with E-state index >= 15 is 0 Å². The van der Waals surface area contributed by atoms with Gasteiger partial charge in [-0.15, -0.1) is 0 Å². The molecule has 0 bridgehead atoms. The maximum atomic E-state index is 13.2. The molecule has 1 aromatic carbocycles. The van der Waals surface area contributed by atoms with E-state index in [1.807, 2.05) is 5.32 Å². The third-order valence-corrected chi connectivity index (χ3v) is 2.20. The van der Waals surface area contributed by atoms with Crippen molar-refractivity contribution in [2.24, 2.45) is 0 Å². The maximum Gasteiger partial charge on any atom is 0.328 e. The minimum Gasteiger partial charge on any atom is -0.480 e. The molecule has 98 valence electrons. The van der Waals surface area contributed by atoms with Crippen LogP contribution < -0.4 is 10.6 Å². The van der Waals surface area contributed by atoms with Gasteiger partial charge in [0.2, 0.25) is 0 Å². The minimum absolute atomic E-state index is 0.193. The van der Waals surface area contributed by atoms with Crippen LogP contribution in [0.1, 0.15) is 0 Å². The van der Waals surface area contributed by atoms with Crippen LogP contribution in [0.25, 0.3) is 0 Å². The Balaban J connectivity index is 2.70. The fourth-order valence-corrected chi connectivity index (χ4v) is 1.27. The topological polar surface area (TPSA) is 98.7 Å². The Morgan fingerprint density at radius 3 is 2.67 bits per heavy atom. The zero-order valence-electron chi connectivity index (χ0n) is 8.98.